The van der Waals surface area contributed by atoms with Gasteiger partial charge in [0.05, 0.1) is 0 Å². The summed E-state index contributed by atoms with van der Waals surface area (Å²) in [7, 11) is 2.14. The van der Waals surface area contributed by atoms with Crippen molar-refractivity contribution in [2.45, 2.75) is 70.6 Å². The lowest BCUT2D eigenvalue weighted by molar-refractivity contribution is 0.223. The van der Waals surface area contributed by atoms with E-state index < -0.39 is 0 Å². The Morgan fingerprint density at radius 2 is 2.00 bits per heavy atom. The molecule has 0 aromatic heterocycles. The Kier molecular flexibility index (Phi) is 6.36. The van der Waals surface area contributed by atoms with Crippen LogP contribution in [0.1, 0.15) is 59.8 Å². The second kappa shape index (κ2) is 7.04. The highest BCUT2D eigenvalue weighted by atomic mass is 32.2. The molecule has 1 N–H and O–H groups in total. The normalized spacial score (nSPS) is 28.1. The van der Waals surface area contributed by atoms with E-state index in [0.717, 1.165) is 11.8 Å². The summed E-state index contributed by atoms with van der Waals surface area (Å²) in [6, 6.07) is 0.716. The Morgan fingerprint density at radius 3 is 2.53 bits per heavy atom. The van der Waals surface area contributed by atoms with Gasteiger partial charge in [-0.05, 0) is 31.7 Å². The van der Waals surface area contributed by atoms with Crippen molar-refractivity contribution >= 4 is 11.8 Å². The zero-order chi connectivity index (χ0) is 12.9. The zero-order valence-corrected chi connectivity index (χ0v) is 13.2. The molecule has 1 fully saturated rings. The molecule has 0 saturated heterocycles. The number of thioether (sulfide) groups is 1. The predicted molar refractivity (Wildman–Crippen MR) is 80.8 cm³/mol. The van der Waals surface area contributed by atoms with Crippen molar-refractivity contribution in [1.82, 2.24) is 5.32 Å². The summed E-state index contributed by atoms with van der Waals surface area (Å²) in [6.45, 7) is 9.31. The summed E-state index contributed by atoms with van der Waals surface area (Å²) < 4.78 is 0.397. The third kappa shape index (κ3) is 5.65. The third-order valence-corrected chi connectivity index (χ3v) is 5.43. The highest BCUT2D eigenvalue weighted by molar-refractivity contribution is 8.00. The van der Waals surface area contributed by atoms with E-state index in [-0.39, 0.29) is 0 Å². The minimum absolute atomic E-state index is 0.397. The van der Waals surface area contributed by atoms with Crippen LogP contribution in [-0.2, 0) is 0 Å². The molecule has 3 unspecified atom stereocenters. The Bertz CT molecular complexity index is 209. The second-order valence-electron chi connectivity index (χ2n) is 6.52. The van der Waals surface area contributed by atoms with E-state index in [4.69, 9.17) is 0 Å². The van der Waals surface area contributed by atoms with Crippen molar-refractivity contribution in [2.24, 2.45) is 11.8 Å². The molecular weight excluding hydrogens is 226 g/mol. The van der Waals surface area contributed by atoms with Gasteiger partial charge in [-0.15, -0.1) is 0 Å². The molecule has 1 rings (SSSR count). The minimum Gasteiger partial charge on any atom is -0.316 e. The number of hydrogen-bond donors (Lipinski definition) is 1. The first-order chi connectivity index (χ1) is 7.96. The monoisotopic (exact) mass is 257 g/mol. The molecule has 0 aromatic carbocycles. The summed E-state index contributed by atoms with van der Waals surface area (Å²) in [5.41, 5.74) is 0. The number of nitrogens with one attached hydrogen (secondary N) is 1. The van der Waals surface area contributed by atoms with Gasteiger partial charge in [0.15, 0.2) is 0 Å². The number of rotatable bonds is 5. The van der Waals surface area contributed by atoms with Gasteiger partial charge in [0, 0.05) is 16.5 Å². The van der Waals surface area contributed by atoms with E-state index in [1.807, 2.05) is 0 Å². The van der Waals surface area contributed by atoms with Crippen molar-refractivity contribution in [1.29, 1.82) is 0 Å². The maximum Gasteiger partial charge on any atom is 0.0183 e. The van der Waals surface area contributed by atoms with Crippen LogP contribution in [0.3, 0.4) is 0 Å². The van der Waals surface area contributed by atoms with E-state index in [9.17, 15) is 0 Å². The van der Waals surface area contributed by atoms with Crippen LogP contribution in [0.4, 0.5) is 0 Å². The van der Waals surface area contributed by atoms with Crippen molar-refractivity contribution in [3.8, 4) is 0 Å². The second-order valence-corrected chi connectivity index (χ2v) is 8.37. The van der Waals surface area contributed by atoms with E-state index in [2.05, 4.69) is 51.8 Å². The quantitative estimate of drug-likeness (QED) is 0.787. The molecule has 0 heterocycles. The van der Waals surface area contributed by atoms with E-state index in [0.29, 0.717) is 10.8 Å². The lowest BCUT2D eigenvalue weighted by Gasteiger charge is -2.35. The molecule has 3 atom stereocenters. The first-order valence-corrected chi connectivity index (χ1v) is 8.26. The van der Waals surface area contributed by atoms with E-state index >= 15 is 0 Å². The van der Waals surface area contributed by atoms with Crippen LogP contribution < -0.4 is 5.32 Å². The fraction of sp³-hybridized carbons (Fsp3) is 1.00. The van der Waals surface area contributed by atoms with Crippen molar-refractivity contribution in [3.63, 3.8) is 0 Å². The van der Waals surface area contributed by atoms with Gasteiger partial charge in [0.2, 0.25) is 0 Å². The fourth-order valence-corrected chi connectivity index (χ4v) is 3.98. The largest absolute Gasteiger partial charge is 0.316 e. The molecule has 2 heteroatoms. The lowest BCUT2D eigenvalue weighted by atomic mass is 9.77. The lowest BCUT2D eigenvalue weighted by Crippen LogP contribution is -2.39. The summed E-state index contributed by atoms with van der Waals surface area (Å²) in [5, 5.41) is 3.57. The molecule has 0 aromatic rings. The summed E-state index contributed by atoms with van der Waals surface area (Å²) in [6.07, 6.45) is 7.18. The molecule has 1 aliphatic rings. The van der Waals surface area contributed by atoms with Crippen LogP contribution in [0.2, 0.25) is 0 Å². The third-order valence-electron chi connectivity index (χ3n) is 4.04. The molecule has 0 aliphatic heterocycles. The first kappa shape index (κ1) is 15.4. The molecule has 0 bridgehead atoms. The highest BCUT2D eigenvalue weighted by Crippen LogP contribution is 2.35. The van der Waals surface area contributed by atoms with Crippen LogP contribution in [0, 0.1) is 11.8 Å². The fourth-order valence-electron chi connectivity index (χ4n) is 2.86. The van der Waals surface area contributed by atoms with Gasteiger partial charge in [0.25, 0.3) is 0 Å². The first-order valence-electron chi connectivity index (χ1n) is 7.27. The van der Waals surface area contributed by atoms with Gasteiger partial charge >= 0.3 is 0 Å². The van der Waals surface area contributed by atoms with Gasteiger partial charge in [-0.1, -0.05) is 47.0 Å². The molecule has 0 spiro atoms. The molecule has 102 valence electrons. The molecule has 1 nitrogen and oxygen atoms in total. The molecular formula is C15H31NS. The van der Waals surface area contributed by atoms with Crippen LogP contribution in [0.15, 0.2) is 0 Å². The van der Waals surface area contributed by atoms with Crippen LogP contribution >= 0.6 is 11.8 Å². The SMILES string of the molecule is CCC1CCCC(C(CSC(C)(C)C)NC)C1. The van der Waals surface area contributed by atoms with Gasteiger partial charge in [-0.3, -0.25) is 0 Å². The molecule has 0 radical (unpaired) electrons. The van der Waals surface area contributed by atoms with E-state index in [1.165, 1.54) is 37.9 Å². The maximum atomic E-state index is 3.57. The van der Waals surface area contributed by atoms with Gasteiger partial charge in [0.1, 0.15) is 0 Å². The van der Waals surface area contributed by atoms with Crippen LogP contribution in [0.5, 0.6) is 0 Å². The Morgan fingerprint density at radius 1 is 1.29 bits per heavy atom. The summed E-state index contributed by atoms with van der Waals surface area (Å²) in [5.74, 6) is 3.17. The van der Waals surface area contributed by atoms with Crippen molar-refractivity contribution in [3.05, 3.63) is 0 Å². The highest BCUT2D eigenvalue weighted by Gasteiger charge is 2.27. The van der Waals surface area contributed by atoms with Gasteiger partial charge in [-0.2, -0.15) is 11.8 Å². The molecule has 17 heavy (non-hydrogen) atoms. The Hall–Kier alpha value is 0.310. The molecule has 0 amide bonds. The summed E-state index contributed by atoms with van der Waals surface area (Å²) >= 11 is 2.11. The Balaban J connectivity index is 2.43. The predicted octanol–water partition coefficient (Wildman–Crippen LogP) is 4.32. The smallest absolute Gasteiger partial charge is 0.0183 e. The minimum atomic E-state index is 0.397. The average Bonchev–Trinajstić information content (AvgIpc) is 2.29. The van der Waals surface area contributed by atoms with Crippen molar-refractivity contribution in [2.75, 3.05) is 12.8 Å². The zero-order valence-electron chi connectivity index (χ0n) is 12.4. The summed E-state index contributed by atoms with van der Waals surface area (Å²) in [4.78, 5) is 0. The molecule has 1 saturated carbocycles. The topological polar surface area (TPSA) is 12.0 Å². The van der Waals surface area contributed by atoms with E-state index in [1.54, 1.807) is 0 Å². The number of hydrogen-bond acceptors (Lipinski definition) is 2. The van der Waals surface area contributed by atoms with Gasteiger partial charge < -0.3 is 5.32 Å². The van der Waals surface area contributed by atoms with Crippen molar-refractivity contribution < 1.29 is 0 Å². The van der Waals surface area contributed by atoms with Gasteiger partial charge in [-0.25, -0.2) is 0 Å². The Labute approximate surface area is 113 Å². The van der Waals surface area contributed by atoms with Crippen LogP contribution in [0.25, 0.3) is 0 Å². The maximum absolute atomic E-state index is 3.57. The van der Waals surface area contributed by atoms with Crippen LogP contribution in [-0.4, -0.2) is 23.6 Å². The standard InChI is InChI=1S/C15H31NS/c1-6-12-8-7-9-13(10-12)14(16-5)11-17-15(2,3)4/h12-14,16H,6-11H2,1-5H3. The average molecular weight is 257 g/mol. The molecule has 1 aliphatic carbocycles.